The van der Waals surface area contributed by atoms with E-state index in [4.69, 9.17) is 4.74 Å². The molecule has 1 heterocycles. The first-order chi connectivity index (χ1) is 8.99. The zero-order valence-corrected chi connectivity index (χ0v) is 10.9. The number of hydrogen-bond donors (Lipinski definition) is 0. The molecule has 1 saturated heterocycles. The van der Waals surface area contributed by atoms with E-state index in [1.54, 1.807) is 4.90 Å². The lowest BCUT2D eigenvalue weighted by Crippen LogP contribution is -2.40. The van der Waals surface area contributed by atoms with Crippen molar-refractivity contribution in [2.75, 3.05) is 19.7 Å². The van der Waals surface area contributed by atoms with Crippen LogP contribution in [0.15, 0.2) is 0 Å². The van der Waals surface area contributed by atoms with Gasteiger partial charge in [-0.15, -0.1) is 0 Å². The number of rotatable bonds is 4. The summed E-state index contributed by atoms with van der Waals surface area (Å²) in [7, 11) is 0. The Balaban J connectivity index is 1.69. The Morgan fingerprint density at radius 1 is 1.37 bits per heavy atom. The second-order valence-corrected chi connectivity index (χ2v) is 5.37. The van der Waals surface area contributed by atoms with Crippen LogP contribution in [0, 0.1) is 22.0 Å². The number of nitro groups is 1. The van der Waals surface area contributed by atoms with E-state index >= 15 is 0 Å². The minimum Gasteiger partial charge on any atom is -0.455 e. The maximum Gasteiger partial charge on any atom is 0.316 e. The summed E-state index contributed by atoms with van der Waals surface area (Å²) in [6.45, 7) is 3.23. The van der Waals surface area contributed by atoms with Gasteiger partial charge in [0.05, 0.1) is 0 Å². The average molecular weight is 270 g/mol. The van der Waals surface area contributed by atoms with Crippen molar-refractivity contribution in [2.24, 2.45) is 11.8 Å². The largest absolute Gasteiger partial charge is 0.455 e. The number of ether oxygens (including phenoxy) is 1. The summed E-state index contributed by atoms with van der Waals surface area (Å²) in [4.78, 5) is 34.9. The van der Waals surface area contributed by atoms with E-state index < -0.39 is 22.9 Å². The van der Waals surface area contributed by atoms with E-state index in [-0.39, 0.29) is 18.9 Å². The Labute approximate surface area is 111 Å². The molecule has 106 valence electrons. The molecule has 1 aliphatic carbocycles. The number of carbonyl (C=O) groups is 2. The van der Waals surface area contributed by atoms with E-state index in [9.17, 15) is 19.7 Å². The molecule has 2 fully saturated rings. The molecule has 2 atom stereocenters. The molecule has 0 bridgehead atoms. The third-order valence-electron chi connectivity index (χ3n) is 3.80. The quantitative estimate of drug-likeness (QED) is 0.420. The molecule has 7 heteroatoms. The van der Waals surface area contributed by atoms with Crippen molar-refractivity contribution in [3.8, 4) is 0 Å². The van der Waals surface area contributed by atoms with Gasteiger partial charge in [0, 0.05) is 24.4 Å². The Morgan fingerprint density at radius 2 is 2.00 bits per heavy atom. The van der Waals surface area contributed by atoms with E-state index in [1.807, 2.05) is 0 Å². The lowest BCUT2D eigenvalue weighted by molar-refractivity contribution is -0.497. The van der Waals surface area contributed by atoms with Crippen molar-refractivity contribution >= 4 is 11.9 Å². The molecule has 1 amide bonds. The fourth-order valence-corrected chi connectivity index (χ4v) is 2.26. The molecule has 0 aromatic heterocycles. The van der Waals surface area contributed by atoms with Crippen LogP contribution in [0.4, 0.5) is 0 Å². The standard InChI is InChI=1S/C12H18N2O5/c1-8-2-4-13(5-3-8)11(15)7-19-12(16)9-6-10(9)14(17)18/h8-10H,2-7H2,1H3. The van der Waals surface area contributed by atoms with Gasteiger partial charge in [0.25, 0.3) is 5.91 Å². The number of hydrogen-bond acceptors (Lipinski definition) is 5. The highest BCUT2D eigenvalue weighted by molar-refractivity contribution is 5.82. The molecular formula is C12H18N2O5. The summed E-state index contributed by atoms with van der Waals surface area (Å²) in [5.74, 6) is -0.873. The van der Waals surface area contributed by atoms with Crippen LogP contribution in [0.5, 0.6) is 0 Å². The molecule has 1 aliphatic heterocycles. The van der Waals surface area contributed by atoms with Crippen molar-refractivity contribution in [2.45, 2.75) is 32.2 Å². The number of carbonyl (C=O) groups excluding carboxylic acids is 2. The van der Waals surface area contributed by atoms with E-state index in [0.29, 0.717) is 19.0 Å². The number of amides is 1. The molecule has 2 rings (SSSR count). The summed E-state index contributed by atoms with van der Waals surface area (Å²) >= 11 is 0. The van der Waals surface area contributed by atoms with Crippen molar-refractivity contribution in [1.29, 1.82) is 0 Å². The monoisotopic (exact) mass is 270 g/mol. The molecule has 0 aromatic rings. The molecule has 0 spiro atoms. The van der Waals surface area contributed by atoms with Crippen LogP contribution in [0.25, 0.3) is 0 Å². The molecule has 2 unspecified atom stereocenters. The highest BCUT2D eigenvalue weighted by Gasteiger charge is 2.54. The number of piperidine rings is 1. The topological polar surface area (TPSA) is 89.8 Å². The van der Waals surface area contributed by atoms with E-state index in [1.165, 1.54) is 0 Å². The number of nitrogens with zero attached hydrogens (tertiary/aromatic N) is 2. The normalized spacial score (nSPS) is 26.9. The zero-order valence-electron chi connectivity index (χ0n) is 10.9. The first-order valence-electron chi connectivity index (χ1n) is 6.57. The van der Waals surface area contributed by atoms with Crippen molar-refractivity contribution in [1.82, 2.24) is 4.90 Å². The van der Waals surface area contributed by atoms with E-state index in [2.05, 4.69) is 6.92 Å². The van der Waals surface area contributed by atoms with Crippen LogP contribution < -0.4 is 0 Å². The lowest BCUT2D eigenvalue weighted by atomic mass is 9.99. The smallest absolute Gasteiger partial charge is 0.316 e. The highest BCUT2D eigenvalue weighted by atomic mass is 16.6. The van der Waals surface area contributed by atoms with Gasteiger partial charge in [0.2, 0.25) is 6.04 Å². The zero-order chi connectivity index (χ0) is 14.0. The Hall–Kier alpha value is -1.66. The first-order valence-corrected chi connectivity index (χ1v) is 6.57. The number of esters is 1. The fraction of sp³-hybridized carbons (Fsp3) is 0.833. The maximum atomic E-state index is 11.8. The van der Waals surface area contributed by atoms with Gasteiger partial charge in [-0.2, -0.15) is 0 Å². The summed E-state index contributed by atoms with van der Waals surface area (Å²) in [5.41, 5.74) is 0. The first kappa shape index (κ1) is 13.8. The lowest BCUT2D eigenvalue weighted by Gasteiger charge is -2.30. The molecule has 0 aromatic carbocycles. The predicted molar refractivity (Wildman–Crippen MR) is 64.8 cm³/mol. The van der Waals surface area contributed by atoms with Gasteiger partial charge in [-0.25, -0.2) is 0 Å². The Kier molecular flexibility index (Phi) is 4.01. The van der Waals surface area contributed by atoms with E-state index in [0.717, 1.165) is 12.8 Å². The maximum absolute atomic E-state index is 11.8. The molecule has 2 aliphatic rings. The molecule has 0 radical (unpaired) electrons. The number of likely N-dealkylation sites (tertiary alicyclic amines) is 1. The summed E-state index contributed by atoms with van der Waals surface area (Å²) in [6.07, 6.45) is 2.15. The fourth-order valence-electron chi connectivity index (χ4n) is 2.26. The third-order valence-corrected chi connectivity index (χ3v) is 3.80. The van der Waals surface area contributed by atoms with Crippen molar-refractivity contribution < 1.29 is 19.2 Å². The second-order valence-electron chi connectivity index (χ2n) is 5.37. The molecule has 19 heavy (non-hydrogen) atoms. The summed E-state index contributed by atoms with van der Waals surface area (Å²) < 4.78 is 4.85. The van der Waals surface area contributed by atoms with Gasteiger partial charge in [0.1, 0.15) is 5.92 Å². The van der Waals surface area contributed by atoms with Gasteiger partial charge in [-0.3, -0.25) is 19.7 Å². The van der Waals surface area contributed by atoms with Crippen LogP contribution in [0.1, 0.15) is 26.2 Å². The third kappa shape index (κ3) is 3.42. The molecule has 0 N–H and O–H groups in total. The van der Waals surface area contributed by atoms with Gasteiger partial charge in [-0.05, 0) is 18.8 Å². The minimum atomic E-state index is -0.821. The van der Waals surface area contributed by atoms with Gasteiger partial charge in [-0.1, -0.05) is 6.92 Å². The molecular weight excluding hydrogens is 252 g/mol. The van der Waals surface area contributed by atoms with Crippen molar-refractivity contribution in [3.05, 3.63) is 10.1 Å². The summed E-state index contributed by atoms with van der Waals surface area (Å²) in [5, 5.41) is 10.4. The van der Waals surface area contributed by atoms with Crippen molar-refractivity contribution in [3.63, 3.8) is 0 Å². The molecule has 1 saturated carbocycles. The van der Waals surface area contributed by atoms with Crippen LogP contribution in [0.3, 0.4) is 0 Å². The van der Waals surface area contributed by atoms with Crippen LogP contribution in [-0.2, 0) is 14.3 Å². The van der Waals surface area contributed by atoms with Crippen LogP contribution in [-0.4, -0.2) is 47.4 Å². The Morgan fingerprint density at radius 3 is 2.53 bits per heavy atom. The second kappa shape index (κ2) is 5.54. The van der Waals surface area contributed by atoms with Crippen LogP contribution >= 0.6 is 0 Å². The molecule has 7 nitrogen and oxygen atoms in total. The summed E-state index contributed by atoms with van der Waals surface area (Å²) in [6, 6.07) is -0.821. The highest BCUT2D eigenvalue weighted by Crippen LogP contribution is 2.34. The van der Waals surface area contributed by atoms with Gasteiger partial charge < -0.3 is 9.64 Å². The van der Waals surface area contributed by atoms with Crippen LogP contribution in [0.2, 0.25) is 0 Å². The Bertz CT molecular complexity index is 390. The predicted octanol–water partition coefficient (Wildman–Crippen LogP) is 0.453. The SMILES string of the molecule is CC1CCN(C(=O)COC(=O)C2CC2[N+](=O)[O-])CC1. The van der Waals surface area contributed by atoms with Gasteiger partial charge in [0.15, 0.2) is 6.61 Å². The average Bonchev–Trinajstić information content (AvgIpc) is 3.16. The minimum absolute atomic E-state index is 0.210. The van der Waals surface area contributed by atoms with Gasteiger partial charge >= 0.3 is 5.97 Å².